The Morgan fingerprint density at radius 2 is 1.86 bits per heavy atom. The number of nitrogens with one attached hydrogen (secondary N) is 3. The van der Waals surface area contributed by atoms with Crippen molar-refractivity contribution < 1.29 is 9.90 Å². The molecule has 0 aliphatic heterocycles. The molecule has 4 N–H and O–H groups in total. The summed E-state index contributed by atoms with van der Waals surface area (Å²) < 4.78 is 0. The lowest BCUT2D eigenvalue weighted by Crippen LogP contribution is -2.41. The Hall–Kier alpha value is -1.06. The second kappa shape index (κ2) is 15.8. The maximum Gasteiger partial charge on any atom is 0.252 e. The third-order valence-corrected chi connectivity index (χ3v) is 4.34. The highest BCUT2D eigenvalue weighted by atomic mass is 127. The second-order valence-electron chi connectivity index (χ2n) is 6.89. The van der Waals surface area contributed by atoms with Crippen LogP contribution in [0.15, 0.2) is 29.3 Å². The highest BCUT2D eigenvalue weighted by molar-refractivity contribution is 14.0. The van der Waals surface area contributed by atoms with Gasteiger partial charge in [0.2, 0.25) is 0 Å². The van der Waals surface area contributed by atoms with E-state index in [2.05, 4.69) is 34.8 Å². The molecule has 0 aliphatic carbocycles. The van der Waals surface area contributed by atoms with E-state index < -0.39 is 0 Å². The molecule has 28 heavy (non-hydrogen) atoms. The molecule has 0 aromatic heterocycles. The van der Waals surface area contributed by atoms with Crippen molar-refractivity contribution in [2.45, 2.75) is 33.6 Å². The molecule has 1 aromatic carbocycles. The Balaban J connectivity index is 0.00000729. The van der Waals surface area contributed by atoms with E-state index in [0.717, 1.165) is 25.3 Å². The quantitative estimate of drug-likeness (QED) is 0.155. The van der Waals surface area contributed by atoms with Gasteiger partial charge in [-0.2, -0.15) is 0 Å². The van der Waals surface area contributed by atoms with Gasteiger partial charge in [-0.3, -0.25) is 9.79 Å². The first kappa shape index (κ1) is 26.9. The van der Waals surface area contributed by atoms with Crippen molar-refractivity contribution in [2.24, 2.45) is 16.8 Å². The molecule has 0 spiro atoms. The largest absolute Gasteiger partial charge is 0.396 e. The molecule has 0 saturated carbocycles. The van der Waals surface area contributed by atoms with E-state index in [0.29, 0.717) is 42.1 Å². The summed E-state index contributed by atoms with van der Waals surface area (Å²) >= 11 is 6.03. The molecule has 1 aromatic rings. The van der Waals surface area contributed by atoms with E-state index in [4.69, 9.17) is 11.6 Å². The standard InChI is InChI=1S/C20H33ClN4O2.HI/c1-4-22-20(25-14-16(9-12-26)13-15(2)3)24-11-10-23-19(27)17-7-5-6-8-18(17)21;/h5-8,15-16,26H,4,9-14H2,1-3H3,(H,23,27)(H2,22,24,25);1H. The normalized spacial score (nSPS) is 12.3. The first-order valence-corrected chi connectivity index (χ1v) is 10.0. The van der Waals surface area contributed by atoms with Gasteiger partial charge in [0.25, 0.3) is 5.91 Å². The number of nitrogens with zero attached hydrogens (tertiary/aromatic N) is 1. The Bertz CT molecular complexity index is 599. The molecule has 1 amide bonds. The Morgan fingerprint density at radius 3 is 2.46 bits per heavy atom. The molecular formula is C20H34ClIN4O2. The fraction of sp³-hybridized carbons (Fsp3) is 0.600. The highest BCUT2D eigenvalue weighted by Gasteiger charge is 2.11. The molecule has 0 bridgehead atoms. The number of aliphatic imine (C=N–C) groups is 1. The van der Waals surface area contributed by atoms with Crippen molar-refractivity contribution in [3.8, 4) is 0 Å². The molecule has 0 aliphatic rings. The predicted molar refractivity (Wildman–Crippen MR) is 128 cm³/mol. The van der Waals surface area contributed by atoms with Gasteiger partial charge in [-0.05, 0) is 43.7 Å². The number of amides is 1. The summed E-state index contributed by atoms with van der Waals surface area (Å²) in [6.07, 6.45) is 1.80. The van der Waals surface area contributed by atoms with Crippen LogP contribution in [0, 0.1) is 11.8 Å². The van der Waals surface area contributed by atoms with Crippen LogP contribution in [0.1, 0.15) is 44.0 Å². The van der Waals surface area contributed by atoms with E-state index in [-0.39, 0.29) is 36.5 Å². The first-order chi connectivity index (χ1) is 13.0. The van der Waals surface area contributed by atoms with Gasteiger partial charge in [0.1, 0.15) is 0 Å². The van der Waals surface area contributed by atoms with E-state index in [1.807, 2.05) is 6.92 Å². The molecule has 1 atom stereocenters. The van der Waals surface area contributed by atoms with Crippen LogP contribution in [-0.2, 0) is 0 Å². The van der Waals surface area contributed by atoms with Crippen LogP contribution in [0.4, 0.5) is 0 Å². The molecule has 0 saturated heterocycles. The number of guanidine groups is 1. The van der Waals surface area contributed by atoms with Crippen LogP contribution >= 0.6 is 35.6 Å². The van der Waals surface area contributed by atoms with Gasteiger partial charge >= 0.3 is 0 Å². The fourth-order valence-electron chi connectivity index (χ4n) is 2.79. The summed E-state index contributed by atoms with van der Waals surface area (Å²) in [5, 5.41) is 18.9. The van der Waals surface area contributed by atoms with Gasteiger partial charge in [-0.25, -0.2) is 0 Å². The van der Waals surface area contributed by atoms with E-state index in [9.17, 15) is 9.90 Å². The van der Waals surface area contributed by atoms with Crippen LogP contribution in [0.5, 0.6) is 0 Å². The number of hydrogen-bond acceptors (Lipinski definition) is 3. The Morgan fingerprint density at radius 1 is 1.18 bits per heavy atom. The Kier molecular flexibility index (Phi) is 15.2. The van der Waals surface area contributed by atoms with Crippen LogP contribution in [-0.4, -0.2) is 49.8 Å². The molecule has 160 valence electrons. The number of aliphatic hydroxyl groups excluding tert-OH is 1. The monoisotopic (exact) mass is 524 g/mol. The summed E-state index contributed by atoms with van der Waals surface area (Å²) in [4.78, 5) is 16.8. The maximum absolute atomic E-state index is 12.1. The number of hydrogen-bond donors (Lipinski definition) is 4. The first-order valence-electron chi connectivity index (χ1n) is 9.63. The molecule has 6 nitrogen and oxygen atoms in total. The Labute approximate surface area is 190 Å². The van der Waals surface area contributed by atoms with Gasteiger partial charge in [-0.1, -0.05) is 37.6 Å². The van der Waals surface area contributed by atoms with Gasteiger partial charge < -0.3 is 21.1 Å². The van der Waals surface area contributed by atoms with E-state index in [1.165, 1.54) is 0 Å². The molecule has 1 unspecified atom stereocenters. The minimum Gasteiger partial charge on any atom is -0.396 e. The van der Waals surface area contributed by atoms with E-state index >= 15 is 0 Å². The third kappa shape index (κ3) is 11.1. The van der Waals surface area contributed by atoms with Crippen molar-refractivity contribution in [2.75, 3.05) is 32.8 Å². The van der Waals surface area contributed by atoms with Crippen LogP contribution in [0.2, 0.25) is 5.02 Å². The van der Waals surface area contributed by atoms with E-state index in [1.54, 1.807) is 24.3 Å². The lowest BCUT2D eigenvalue weighted by Gasteiger charge is -2.17. The van der Waals surface area contributed by atoms with Crippen molar-refractivity contribution in [1.82, 2.24) is 16.0 Å². The zero-order chi connectivity index (χ0) is 20.1. The molecule has 1 rings (SSSR count). The number of carbonyl (C=O) groups excluding carboxylic acids is 1. The third-order valence-electron chi connectivity index (χ3n) is 4.02. The summed E-state index contributed by atoms with van der Waals surface area (Å²) in [5.41, 5.74) is 0.472. The predicted octanol–water partition coefficient (Wildman–Crippen LogP) is 3.29. The number of carbonyl (C=O) groups is 1. The summed E-state index contributed by atoms with van der Waals surface area (Å²) in [6.45, 7) is 8.99. The molecule has 8 heteroatoms. The highest BCUT2D eigenvalue weighted by Crippen LogP contribution is 2.15. The number of benzene rings is 1. The smallest absolute Gasteiger partial charge is 0.252 e. The fourth-order valence-corrected chi connectivity index (χ4v) is 3.01. The van der Waals surface area contributed by atoms with Gasteiger partial charge in [-0.15, -0.1) is 24.0 Å². The number of rotatable bonds is 11. The molecule has 0 heterocycles. The summed E-state index contributed by atoms with van der Waals surface area (Å²) in [5.74, 6) is 1.47. The average Bonchev–Trinajstić information content (AvgIpc) is 2.62. The van der Waals surface area contributed by atoms with Crippen molar-refractivity contribution in [1.29, 1.82) is 0 Å². The minimum absolute atomic E-state index is 0. The topological polar surface area (TPSA) is 85.8 Å². The van der Waals surface area contributed by atoms with Crippen LogP contribution in [0.3, 0.4) is 0 Å². The molecule has 0 fully saturated rings. The van der Waals surface area contributed by atoms with Gasteiger partial charge in [0, 0.05) is 32.8 Å². The number of halogens is 2. The van der Waals surface area contributed by atoms with Crippen LogP contribution < -0.4 is 16.0 Å². The van der Waals surface area contributed by atoms with Crippen LogP contribution in [0.25, 0.3) is 0 Å². The van der Waals surface area contributed by atoms with Crippen molar-refractivity contribution in [3.63, 3.8) is 0 Å². The molecule has 0 radical (unpaired) electrons. The second-order valence-corrected chi connectivity index (χ2v) is 7.30. The lowest BCUT2D eigenvalue weighted by atomic mass is 9.94. The lowest BCUT2D eigenvalue weighted by molar-refractivity contribution is 0.0954. The SMILES string of the molecule is CCNC(=NCC(CCO)CC(C)C)NCCNC(=O)c1ccccc1Cl.I. The van der Waals surface area contributed by atoms with Crippen molar-refractivity contribution >= 4 is 47.4 Å². The maximum atomic E-state index is 12.1. The van der Waals surface area contributed by atoms with Gasteiger partial charge in [0.15, 0.2) is 5.96 Å². The zero-order valence-electron chi connectivity index (χ0n) is 17.0. The van der Waals surface area contributed by atoms with Gasteiger partial charge in [0.05, 0.1) is 10.6 Å². The van der Waals surface area contributed by atoms with Crippen molar-refractivity contribution in [3.05, 3.63) is 34.9 Å². The summed E-state index contributed by atoms with van der Waals surface area (Å²) in [7, 11) is 0. The average molecular weight is 525 g/mol. The number of aliphatic hydroxyl groups is 1. The minimum atomic E-state index is -0.190. The summed E-state index contributed by atoms with van der Waals surface area (Å²) in [6, 6.07) is 6.98. The zero-order valence-corrected chi connectivity index (χ0v) is 20.1. The molecular weight excluding hydrogens is 491 g/mol.